The molecule has 15 heavy (non-hydrogen) atoms. The maximum Gasteiger partial charge on any atom is 0.358 e. The van der Waals surface area contributed by atoms with Gasteiger partial charge in [0.15, 0.2) is 11.4 Å². The minimum Gasteiger partial charge on any atom is -0.492 e. The van der Waals surface area contributed by atoms with Crippen LogP contribution in [0, 0.1) is 0 Å². The summed E-state index contributed by atoms with van der Waals surface area (Å²) in [5.41, 5.74) is 0.734. The van der Waals surface area contributed by atoms with E-state index in [9.17, 15) is 4.79 Å². The molecule has 0 aliphatic heterocycles. The zero-order chi connectivity index (χ0) is 10.8. The van der Waals surface area contributed by atoms with Crippen LogP contribution in [0.1, 0.15) is 10.5 Å². The fourth-order valence-electron chi connectivity index (χ4n) is 1.26. The molecule has 76 valence electrons. The van der Waals surface area contributed by atoms with Crippen molar-refractivity contribution in [1.82, 2.24) is 15.0 Å². The quantitative estimate of drug-likeness (QED) is 0.777. The number of aromatic nitrogens is 3. The number of carboxylic acids is 1. The zero-order valence-corrected chi connectivity index (χ0v) is 7.84. The topological polar surface area (TPSA) is 85.2 Å². The largest absolute Gasteiger partial charge is 0.492 e. The van der Waals surface area contributed by atoms with E-state index in [1.54, 1.807) is 0 Å². The predicted molar refractivity (Wildman–Crippen MR) is 50.8 cm³/mol. The molecular formula is C9H7N3O3. The van der Waals surface area contributed by atoms with Crippen molar-refractivity contribution in [2.24, 2.45) is 0 Å². The lowest BCUT2D eigenvalue weighted by Gasteiger charge is -2.05. The molecule has 2 aromatic rings. The van der Waals surface area contributed by atoms with Gasteiger partial charge in [-0.15, -0.1) is 0 Å². The Morgan fingerprint density at radius 2 is 2.07 bits per heavy atom. The Labute approximate surface area is 84.6 Å². The van der Waals surface area contributed by atoms with Gasteiger partial charge in [-0.3, -0.25) is 4.98 Å². The van der Waals surface area contributed by atoms with Crippen molar-refractivity contribution in [3.63, 3.8) is 0 Å². The molecule has 1 N–H and O–H groups in total. The second kappa shape index (κ2) is 3.49. The van der Waals surface area contributed by atoms with Gasteiger partial charge in [0.2, 0.25) is 0 Å². The molecule has 0 aliphatic carbocycles. The Morgan fingerprint density at radius 3 is 2.73 bits per heavy atom. The minimum atomic E-state index is -1.15. The highest BCUT2D eigenvalue weighted by Gasteiger charge is 2.16. The fourth-order valence-corrected chi connectivity index (χ4v) is 1.26. The fraction of sp³-hybridized carbons (Fsp3) is 0.111. The monoisotopic (exact) mass is 205 g/mol. The van der Waals surface area contributed by atoms with Crippen LogP contribution in [0.4, 0.5) is 0 Å². The van der Waals surface area contributed by atoms with E-state index in [-0.39, 0.29) is 11.4 Å². The van der Waals surface area contributed by atoms with E-state index in [0.29, 0.717) is 11.0 Å². The summed E-state index contributed by atoms with van der Waals surface area (Å²) in [6.45, 7) is 0. The van der Waals surface area contributed by atoms with E-state index in [2.05, 4.69) is 15.0 Å². The number of hydrogen-bond donors (Lipinski definition) is 1. The molecule has 6 nitrogen and oxygen atoms in total. The minimum absolute atomic E-state index is 0.133. The molecule has 0 atom stereocenters. The van der Waals surface area contributed by atoms with Gasteiger partial charge in [0.05, 0.1) is 13.3 Å². The second-order valence-electron chi connectivity index (χ2n) is 2.74. The molecule has 0 aliphatic rings. The number of nitrogens with zero attached hydrogens (tertiary/aromatic N) is 3. The van der Waals surface area contributed by atoms with Crippen molar-refractivity contribution >= 4 is 17.0 Å². The van der Waals surface area contributed by atoms with Gasteiger partial charge in [0, 0.05) is 12.4 Å². The molecule has 0 fully saturated rings. The van der Waals surface area contributed by atoms with Crippen LogP contribution in [0.25, 0.3) is 11.0 Å². The highest BCUT2D eigenvalue weighted by Crippen LogP contribution is 2.24. The summed E-state index contributed by atoms with van der Waals surface area (Å²) in [6.07, 6.45) is 4.33. The lowest BCUT2D eigenvalue weighted by molar-refractivity contribution is 0.0687. The molecule has 2 heterocycles. The molecule has 2 rings (SSSR count). The van der Waals surface area contributed by atoms with Gasteiger partial charge < -0.3 is 9.84 Å². The van der Waals surface area contributed by atoms with Gasteiger partial charge in [0.1, 0.15) is 11.0 Å². The van der Waals surface area contributed by atoms with Crippen LogP contribution in [0.5, 0.6) is 5.75 Å². The Balaban J connectivity index is 2.81. The number of carbonyl (C=O) groups is 1. The van der Waals surface area contributed by atoms with Crippen molar-refractivity contribution in [2.45, 2.75) is 0 Å². The average molecular weight is 205 g/mol. The number of pyridine rings is 1. The Bertz CT molecular complexity index is 527. The van der Waals surface area contributed by atoms with Crippen molar-refractivity contribution < 1.29 is 14.6 Å². The summed E-state index contributed by atoms with van der Waals surface area (Å²) >= 11 is 0. The van der Waals surface area contributed by atoms with Gasteiger partial charge in [0.25, 0.3) is 0 Å². The first-order valence-corrected chi connectivity index (χ1v) is 4.11. The lowest BCUT2D eigenvalue weighted by atomic mass is 10.3. The van der Waals surface area contributed by atoms with Crippen LogP contribution in [-0.4, -0.2) is 33.1 Å². The summed E-state index contributed by atoms with van der Waals surface area (Å²) in [5.74, 6) is -1.02. The SMILES string of the molecule is COc1c(C(=O)O)ncc2nccnc12. The first kappa shape index (κ1) is 9.32. The van der Waals surface area contributed by atoms with E-state index in [4.69, 9.17) is 9.84 Å². The van der Waals surface area contributed by atoms with Crippen molar-refractivity contribution in [1.29, 1.82) is 0 Å². The third-order valence-electron chi connectivity index (χ3n) is 1.88. The molecule has 0 amide bonds. The van der Waals surface area contributed by atoms with Gasteiger partial charge >= 0.3 is 5.97 Å². The average Bonchev–Trinajstić information content (AvgIpc) is 2.27. The van der Waals surface area contributed by atoms with Crippen molar-refractivity contribution in [3.05, 3.63) is 24.3 Å². The van der Waals surface area contributed by atoms with E-state index < -0.39 is 5.97 Å². The maximum absolute atomic E-state index is 10.8. The van der Waals surface area contributed by atoms with Gasteiger partial charge in [-0.05, 0) is 0 Å². The lowest BCUT2D eigenvalue weighted by Crippen LogP contribution is -2.05. The van der Waals surface area contributed by atoms with Gasteiger partial charge in [-0.25, -0.2) is 14.8 Å². The van der Waals surface area contributed by atoms with E-state index >= 15 is 0 Å². The molecular weight excluding hydrogens is 198 g/mol. The summed E-state index contributed by atoms with van der Waals surface area (Å²) in [5, 5.41) is 8.87. The number of hydrogen-bond acceptors (Lipinski definition) is 5. The smallest absolute Gasteiger partial charge is 0.358 e. The predicted octanol–water partition coefficient (Wildman–Crippen LogP) is 0.732. The molecule has 0 radical (unpaired) electrons. The molecule has 0 saturated carbocycles. The van der Waals surface area contributed by atoms with E-state index in [0.717, 1.165) is 0 Å². The van der Waals surface area contributed by atoms with Crippen LogP contribution in [0.2, 0.25) is 0 Å². The van der Waals surface area contributed by atoms with Crippen LogP contribution in [-0.2, 0) is 0 Å². The summed E-state index contributed by atoms with van der Waals surface area (Å²) < 4.78 is 4.97. The Morgan fingerprint density at radius 1 is 1.33 bits per heavy atom. The third-order valence-corrected chi connectivity index (χ3v) is 1.88. The highest BCUT2D eigenvalue weighted by atomic mass is 16.5. The van der Waals surface area contributed by atoms with Gasteiger partial charge in [-0.2, -0.15) is 0 Å². The zero-order valence-electron chi connectivity index (χ0n) is 7.84. The first-order valence-electron chi connectivity index (χ1n) is 4.11. The molecule has 0 aromatic carbocycles. The Hall–Kier alpha value is -2.24. The normalized spacial score (nSPS) is 10.2. The van der Waals surface area contributed by atoms with E-state index in [1.165, 1.54) is 25.7 Å². The van der Waals surface area contributed by atoms with Crippen LogP contribution >= 0.6 is 0 Å². The van der Waals surface area contributed by atoms with Gasteiger partial charge in [-0.1, -0.05) is 0 Å². The number of carboxylic acid groups (broad SMARTS) is 1. The molecule has 0 saturated heterocycles. The number of methoxy groups -OCH3 is 1. The summed E-state index contributed by atoms with van der Waals surface area (Å²) in [4.78, 5) is 22.6. The van der Waals surface area contributed by atoms with Crippen molar-refractivity contribution in [3.8, 4) is 5.75 Å². The number of ether oxygens (including phenoxy) is 1. The van der Waals surface area contributed by atoms with Crippen LogP contribution in [0.15, 0.2) is 18.6 Å². The van der Waals surface area contributed by atoms with E-state index in [1.807, 2.05) is 0 Å². The molecule has 0 unspecified atom stereocenters. The first-order chi connectivity index (χ1) is 7.24. The molecule has 6 heteroatoms. The maximum atomic E-state index is 10.8. The number of aromatic carboxylic acids is 1. The van der Waals surface area contributed by atoms with Crippen molar-refractivity contribution in [2.75, 3.05) is 7.11 Å². The molecule has 0 spiro atoms. The van der Waals surface area contributed by atoms with Crippen LogP contribution < -0.4 is 4.74 Å². The molecule has 2 aromatic heterocycles. The Kier molecular flexibility index (Phi) is 2.17. The second-order valence-corrected chi connectivity index (χ2v) is 2.74. The standard InChI is InChI=1S/C9H7N3O3/c1-15-8-6-5(10-2-3-11-6)4-12-7(8)9(13)14/h2-4H,1H3,(H,13,14). The van der Waals surface area contributed by atoms with Crippen LogP contribution in [0.3, 0.4) is 0 Å². The molecule has 0 bridgehead atoms. The number of fused-ring (bicyclic) bond motifs is 1. The summed E-state index contributed by atoms with van der Waals surface area (Å²) in [7, 11) is 1.37. The highest BCUT2D eigenvalue weighted by molar-refractivity contribution is 5.95. The summed E-state index contributed by atoms with van der Waals surface area (Å²) in [6, 6.07) is 0. The third kappa shape index (κ3) is 1.45. The number of rotatable bonds is 2.